The molecule has 4 nitrogen and oxygen atoms in total. The first kappa shape index (κ1) is 14.9. The van der Waals surface area contributed by atoms with Gasteiger partial charge in [0.2, 0.25) is 5.91 Å². The van der Waals surface area contributed by atoms with Gasteiger partial charge in [-0.3, -0.25) is 4.79 Å². The van der Waals surface area contributed by atoms with Crippen molar-refractivity contribution < 1.29 is 9.90 Å². The number of aliphatic hydroxyl groups is 1. The molecular formula is C15H18N2O2. The highest BCUT2D eigenvalue weighted by atomic mass is 16.3. The van der Waals surface area contributed by atoms with Crippen molar-refractivity contribution in [3.8, 4) is 6.07 Å². The third-order valence-electron chi connectivity index (χ3n) is 2.69. The summed E-state index contributed by atoms with van der Waals surface area (Å²) in [7, 11) is 0. The maximum absolute atomic E-state index is 11.6. The zero-order chi connectivity index (χ0) is 14.1. The first-order valence-electron chi connectivity index (χ1n) is 6.22. The lowest BCUT2D eigenvalue weighted by atomic mass is 10.1. The third-order valence-corrected chi connectivity index (χ3v) is 2.69. The standard InChI is InChI=1S/C15H18N2O2/c1-12(7-8-18)11-17-15(19)6-5-13-3-2-4-14(9-13)10-16/h2-6,9,12,18H,7-8,11H2,1H3,(H,17,19). The van der Waals surface area contributed by atoms with Crippen molar-refractivity contribution in [1.29, 1.82) is 5.26 Å². The van der Waals surface area contributed by atoms with Crippen LogP contribution in [0, 0.1) is 17.2 Å². The number of amides is 1. The molecule has 0 aromatic heterocycles. The van der Waals surface area contributed by atoms with Gasteiger partial charge in [0.05, 0.1) is 11.6 Å². The van der Waals surface area contributed by atoms with Crippen molar-refractivity contribution in [1.82, 2.24) is 5.32 Å². The molecule has 0 heterocycles. The molecular weight excluding hydrogens is 240 g/mol. The number of carbonyl (C=O) groups excluding carboxylic acids is 1. The number of aliphatic hydroxyl groups excluding tert-OH is 1. The Hall–Kier alpha value is -2.12. The van der Waals surface area contributed by atoms with Crippen LogP contribution in [-0.4, -0.2) is 24.2 Å². The van der Waals surface area contributed by atoms with Crippen molar-refractivity contribution in [2.45, 2.75) is 13.3 Å². The Labute approximate surface area is 113 Å². The van der Waals surface area contributed by atoms with E-state index in [-0.39, 0.29) is 18.4 Å². The van der Waals surface area contributed by atoms with E-state index in [4.69, 9.17) is 10.4 Å². The maximum Gasteiger partial charge on any atom is 0.244 e. The van der Waals surface area contributed by atoms with Crippen LogP contribution in [0.1, 0.15) is 24.5 Å². The summed E-state index contributed by atoms with van der Waals surface area (Å²) in [5.74, 6) is 0.0800. The normalized spacial score (nSPS) is 12.1. The summed E-state index contributed by atoms with van der Waals surface area (Å²) in [6.07, 6.45) is 3.79. The molecule has 1 aromatic carbocycles. The first-order chi connectivity index (χ1) is 9.15. The van der Waals surface area contributed by atoms with Crippen molar-refractivity contribution in [2.75, 3.05) is 13.2 Å². The van der Waals surface area contributed by atoms with Crippen molar-refractivity contribution in [3.63, 3.8) is 0 Å². The van der Waals surface area contributed by atoms with Crippen LogP contribution in [-0.2, 0) is 4.79 Å². The fraction of sp³-hybridized carbons (Fsp3) is 0.333. The molecule has 0 spiro atoms. The molecule has 0 fully saturated rings. The van der Waals surface area contributed by atoms with Crippen LogP contribution < -0.4 is 5.32 Å². The number of nitrogens with one attached hydrogen (secondary N) is 1. The Kier molecular flexibility index (Phi) is 6.34. The Morgan fingerprint density at radius 2 is 2.37 bits per heavy atom. The van der Waals surface area contributed by atoms with Gasteiger partial charge in [-0.1, -0.05) is 19.1 Å². The molecule has 0 bridgehead atoms. The number of hydrogen-bond donors (Lipinski definition) is 2. The summed E-state index contributed by atoms with van der Waals surface area (Å²) >= 11 is 0. The number of hydrogen-bond acceptors (Lipinski definition) is 3. The number of nitrogens with zero attached hydrogens (tertiary/aromatic N) is 1. The predicted octanol–water partition coefficient (Wildman–Crippen LogP) is 1.71. The molecule has 1 atom stereocenters. The van der Waals surface area contributed by atoms with Crippen molar-refractivity contribution >= 4 is 12.0 Å². The minimum Gasteiger partial charge on any atom is -0.396 e. The molecule has 0 saturated heterocycles. The average molecular weight is 258 g/mol. The first-order valence-corrected chi connectivity index (χ1v) is 6.22. The van der Waals surface area contributed by atoms with Gasteiger partial charge in [0.15, 0.2) is 0 Å². The molecule has 1 amide bonds. The van der Waals surface area contributed by atoms with E-state index in [9.17, 15) is 4.79 Å². The van der Waals surface area contributed by atoms with Crippen molar-refractivity contribution in [2.24, 2.45) is 5.92 Å². The molecule has 19 heavy (non-hydrogen) atoms. The van der Waals surface area contributed by atoms with E-state index in [1.807, 2.05) is 13.0 Å². The highest BCUT2D eigenvalue weighted by molar-refractivity contribution is 5.91. The van der Waals surface area contributed by atoms with E-state index in [1.165, 1.54) is 6.08 Å². The van der Waals surface area contributed by atoms with Gasteiger partial charge in [0, 0.05) is 19.2 Å². The van der Waals surface area contributed by atoms with Gasteiger partial charge in [-0.15, -0.1) is 0 Å². The summed E-state index contributed by atoms with van der Waals surface area (Å²) in [6, 6.07) is 9.10. The fourth-order valence-electron chi connectivity index (χ4n) is 1.54. The smallest absolute Gasteiger partial charge is 0.244 e. The Morgan fingerprint density at radius 1 is 1.58 bits per heavy atom. The second kappa shape index (κ2) is 8.06. The van der Waals surface area contributed by atoms with E-state index >= 15 is 0 Å². The van der Waals surface area contributed by atoms with Crippen LogP contribution in [0.5, 0.6) is 0 Å². The SMILES string of the molecule is CC(CCO)CNC(=O)C=Cc1cccc(C#N)c1. The topological polar surface area (TPSA) is 73.1 Å². The van der Waals surface area contributed by atoms with Gasteiger partial charge in [-0.05, 0) is 36.1 Å². The van der Waals surface area contributed by atoms with E-state index in [1.54, 1.807) is 24.3 Å². The predicted molar refractivity (Wildman–Crippen MR) is 74.1 cm³/mol. The summed E-state index contributed by atoms with van der Waals surface area (Å²) in [6.45, 7) is 2.65. The second-order valence-electron chi connectivity index (χ2n) is 4.43. The summed E-state index contributed by atoms with van der Waals surface area (Å²) in [4.78, 5) is 11.6. The zero-order valence-electron chi connectivity index (χ0n) is 11.0. The quantitative estimate of drug-likeness (QED) is 0.763. The molecule has 2 N–H and O–H groups in total. The highest BCUT2D eigenvalue weighted by Gasteiger charge is 2.02. The Bertz CT molecular complexity index is 489. The minimum absolute atomic E-state index is 0.133. The van der Waals surface area contributed by atoms with Crippen molar-refractivity contribution in [3.05, 3.63) is 41.5 Å². The number of rotatable bonds is 6. The summed E-state index contributed by atoms with van der Waals surface area (Å²) in [5, 5.41) is 20.3. The van der Waals surface area contributed by atoms with E-state index < -0.39 is 0 Å². The number of carbonyl (C=O) groups is 1. The zero-order valence-corrected chi connectivity index (χ0v) is 11.0. The molecule has 1 aromatic rings. The van der Waals surface area contributed by atoms with E-state index in [2.05, 4.69) is 11.4 Å². The average Bonchev–Trinajstić information content (AvgIpc) is 2.43. The van der Waals surface area contributed by atoms with Gasteiger partial charge >= 0.3 is 0 Å². The lowest BCUT2D eigenvalue weighted by molar-refractivity contribution is -0.116. The number of benzene rings is 1. The number of nitriles is 1. The van der Waals surface area contributed by atoms with Crippen LogP contribution in [0.25, 0.3) is 6.08 Å². The van der Waals surface area contributed by atoms with Crippen LogP contribution >= 0.6 is 0 Å². The molecule has 100 valence electrons. The van der Waals surface area contributed by atoms with Gasteiger partial charge < -0.3 is 10.4 Å². The lowest BCUT2D eigenvalue weighted by Crippen LogP contribution is -2.26. The van der Waals surface area contributed by atoms with Crippen LogP contribution in [0.15, 0.2) is 30.3 Å². The Balaban J connectivity index is 2.47. The largest absolute Gasteiger partial charge is 0.396 e. The molecule has 4 heteroatoms. The van der Waals surface area contributed by atoms with Gasteiger partial charge in [-0.25, -0.2) is 0 Å². The monoisotopic (exact) mass is 258 g/mol. The molecule has 0 aliphatic rings. The Morgan fingerprint density at radius 3 is 3.05 bits per heavy atom. The second-order valence-corrected chi connectivity index (χ2v) is 4.43. The van der Waals surface area contributed by atoms with Gasteiger partial charge in [-0.2, -0.15) is 5.26 Å². The minimum atomic E-state index is -0.174. The van der Waals surface area contributed by atoms with Crippen LogP contribution in [0.2, 0.25) is 0 Å². The van der Waals surface area contributed by atoms with Gasteiger partial charge in [0.1, 0.15) is 0 Å². The molecule has 0 aliphatic heterocycles. The highest BCUT2D eigenvalue weighted by Crippen LogP contribution is 2.06. The van der Waals surface area contributed by atoms with Crippen LogP contribution in [0.4, 0.5) is 0 Å². The third kappa shape index (κ3) is 5.84. The van der Waals surface area contributed by atoms with E-state index in [0.717, 1.165) is 5.56 Å². The molecule has 1 unspecified atom stereocenters. The maximum atomic E-state index is 11.6. The van der Waals surface area contributed by atoms with Crippen LogP contribution in [0.3, 0.4) is 0 Å². The molecule has 0 saturated carbocycles. The van der Waals surface area contributed by atoms with E-state index in [0.29, 0.717) is 18.5 Å². The molecule has 0 aliphatic carbocycles. The molecule has 0 radical (unpaired) electrons. The fourth-order valence-corrected chi connectivity index (χ4v) is 1.54. The summed E-state index contributed by atoms with van der Waals surface area (Å²) < 4.78 is 0. The lowest BCUT2D eigenvalue weighted by Gasteiger charge is -2.09. The summed E-state index contributed by atoms with van der Waals surface area (Å²) in [5.41, 5.74) is 1.39. The van der Waals surface area contributed by atoms with Gasteiger partial charge in [0.25, 0.3) is 0 Å². The molecule has 1 rings (SSSR count).